The smallest absolute Gasteiger partial charge is 0.268 e. The van der Waals surface area contributed by atoms with Crippen LogP contribution in [0.3, 0.4) is 0 Å². The Bertz CT molecular complexity index is 634. The third-order valence-electron chi connectivity index (χ3n) is 2.47. The number of alkyl halides is 1. The number of aromatic amines is 1. The Balaban J connectivity index is 2.27. The van der Waals surface area contributed by atoms with Gasteiger partial charge in [0.05, 0.1) is 16.9 Å². The predicted octanol–water partition coefficient (Wildman–Crippen LogP) is 1.73. The molecule has 5 nitrogen and oxygen atoms in total. The number of rotatable bonds is 3. The fourth-order valence-corrected chi connectivity index (χ4v) is 2.68. The number of aromatic nitrogens is 2. The van der Waals surface area contributed by atoms with E-state index in [9.17, 15) is 9.59 Å². The summed E-state index contributed by atoms with van der Waals surface area (Å²) in [6.07, 6.45) is 0. The third-order valence-corrected chi connectivity index (χ3v) is 3.76. The molecule has 0 aliphatic carbocycles. The summed E-state index contributed by atoms with van der Waals surface area (Å²) in [5.41, 5.74) is 0.518. The van der Waals surface area contributed by atoms with Gasteiger partial charge < -0.3 is 9.88 Å². The van der Waals surface area contributed by atoms with Crippen molar-refractivity contribution in [3.63, 3.8) is 0 Å². The Morgan fingerprint density at radius 2 is 2.39 bits per heavy atom. The third kappa shape index (κ3) is 2.62. The number of hydrogen-bond acceptors (Lipinski definition) is 4. The Labute approximate surface area is 116 Å². The molecule has 0 bridgehead atoms. The van der Waals surface area contributed by atoms with E-state index >= 15 is 0 Å². The average Bonchev–Trinajstić information content (AvgIpc) is 2.76. The Morgan fingerprint density at radius 3 is 3.06 bits per heavy atom. The van der Waals surface area contributed by atoms with Crippen LogP contribution in [0.2, 0.25) is 0 Å². The molecular weight excluding hydrogens is 318 g/mol. The summed E-state index contributed by atoms with van der Waals surface area (Å²) in [4.78, 5) is 31.7. The zero-order chi connectivity index (χ0) is 13.3. The molecule has 0 aromatic carbocycles. The van der Waals surface area contributed by atoms with E-state index in [1.54, 1.807) is 20.0 Å². The fraction of sp³-hybridized carbons (Fsp3) is 0.364. The van der Waals surface area contributed by atoms with Crippen LogP contribution in [0.4, 0.5) is 0 Å². The molecule has 0 fully saturated rings. The van der Waals surface area contributed by atoms with Crippen molar-refractivity contribution in [3.8, 4) is 0 Å². The molecule has 7 heteroatoms. The van der Waals surface area contributed by atoms with Gasteiger partial charge in [-0.2, -0.15) is 0 Å². The summed E-state index contributed by atoms with van der Waals surface area (Å²) < 4.78 is 0.613. The zero-order valence-electron chi connectivity index (χ0n) is 9.94. The highest BCUT2D eigenvalue weighted by Gasteiger charge is 2.16. The molecule has 1 atom stereocenters. The molecule has 2 aromatic heterocycles. The lowest BCUT2D eigenvalue weighted by molar-refractivity contribution is -0.129. The lowest BCUT2D eigenvalue weighted by Crippen LogP contribution is -2.32. The van der Waals surface area contributed by atoms with Crippen LogP contribution >= 0.6 is 27.3 Å². The minimum atomic E-state index is -0.251. The number of carbonyl (C=O) groups is 1. The molecule has 1 N–H and O–H groups in total. The minimum Gasteiger partial charge on any atom is -0.337 e. The first-order chi connectivity index (χ1) is 8.49. The molecule has 2 rings (SSSR count). The number of fused-ring (bicyclic) bond motifs is 1. The highest BCUT2D eigenvalue weighted by Crippen LogP contribution is 2.14. The number of hydrogen-bond donors (Lipinski definition) is 1. The first-order valence-corrected chi connectivity index (χ1v) is 7.14. The molecule has 0 radical (unpaired) electrons. The van der Waals surface area contributed by atoms with Gasteiger partial charge in [0.25, 0.3) is 5.56 Å². The van der Waals surface area contributed by atoms with E-state index in [0.29, 0.717) is 16.0 Å². The molecule has 1 unspecified atom stereocenters. The van der Waals surface area contributed by atoms with Crippen molar-refractivity contribution in [2.75, 3.05) is 7.05 Å². The van der Waals surface area contributed by atoms with Crippen molar-refractivity contribution in [1.29, 1.82) is 0 Å². The number of halogens is 1. The van der Waals surface area contributed by atoms with Crippen LogP contribution in [0, 0.1) is 0 Å². The van der Waals surface area contributed by atoms with E-state index in [2.05, 4.69) is 25.9 Å². The minimum absolute atomic E-state index is 0.0527. The number of nitrogens with zero attached hydrogens (tertiary/aromatic N) is 2. The normalized spacial score (nSPS) is 12.6. The predicted molar refractivity (Wildman–Crippen MR) is 75.1 cm³/mol. The molecule has 0 saturated carbocycles. The summed E-state index contributed by atoms with van der Waals surface area (Å²) in [6.45, 7) is 2.05. The van der Waals surface area contributed by atoms with E-state index < -0.39 is 0 Å². The highest BCUT2D eigenvalue weighted by molar-refractivity contribution is 9.10. The van der Waals surface area contributed by atoms with E-state index in [1.807, 2.05) is 5.38 Å². The maximum absolute atomic E-state index is 11.7. The van der Waals surface area contributed by atoms with Crippen LogP contribution in [0.1, 0.15) is 12.7 Å². The van der Waals surface area contributed by atoms with E-state index in [1.165, 1.54) is 16.2 Å². The topological polar surface area (TPSA) is 66.1 Å². The molecule has 18 heavy (non-hydrogen) atoms. The average molecular weight is 330 g/mol. The van der Waals surface area contributed by atoms with Gasteiger partial charge >= 0.3 is 0 Å². The zero-order valence-corrected chi connectivity index (χ0v) is 12.3. The van der Waals surface area contributed by atoms with Crippen molar-refractivity contribution in [3.05, 3.63) is 27.6 Å². The summed E-state index contributed by atoms with van der Waals surface area (Å²) >= 11 is 4.58. The van der Waals surface area contributed by atoms with E-state index in [0.717, 1.165) is 0 Å². The molecule has 2 heterocycles. The van der Waals surface area contributed by atoms with Gasteiger partial charge in [0.1, 0.15) is 10.5 Å². The summed E-state index contributed by atoms with van der Waals surface area (Å²) in [5, 5.41) is 1.83. The number of amides is 1. The van der Waals surface area contributed by atoms with Crippen LogP contribution in [-0.4, -0.2) is 32.6 Å². The molecule has 0 aliphatic heterocycles. The molecule has 0 spiro atoms. The van der Waals surface area contributed by atoms with Gasteiger partial charge in [-0.25, -0.2) is 4.98 Å². The second-order valence-corrected chi connectivity index (χ2v) is 6.25. The largest absolute Gasteiger partial charge is 0.337 e. The number of H-pyrrole nitrogens is 1. The van der Waals surface area contributed by atoms with Crippen molar-refractivity contribution in [2.24, 2.45) is 0 Å². The number of thiophene rings is 1. The van der Waals surface area contributed by atoms with Gasteiger partial charge in [-0.3, -0.25) is 9.59 Å². The molecule has 0 saturated heterocycles. The molecule has 1 amide bonds. The highest BCUT2D eigenvalue weighted by atomic mass is 79.9. The van der Waals surface area contributed by atoms with Gasteiger partial charge in [-0.05, 0) is 18.4 Å². The fourth-order valence-electron chi connectivity index (χ4n) is 1.60. The molecular formula is C11H12BrN3O2S. The molecule has 96 valence electrons. The maximum Gasteiger partial charge on any atom is 0.268 e. The molecule has 2 aromatic rings. The van der Waals surface area contributed by atoms with Crippen LogP contribution in [0.15, 0.2) is 16.2 Å². The van der Waals surface area contributed by atoms with Crippen molar-refractivity contribution >= 4 is 43.4 Å². The van der Waals surface area contributed by atoms with E-state index in [4.69, 9.17) is 0 Å². The van der Waals surface area contributed by atoms with Crippen LogP contribution in [-0.2, 0) is 11.3 Å². The second kappa shape index (κ2) is 5.19. The van der Waals surface area contributed by atoms with Crippen LogP contribution in [0.5, 0.6) is 0 Å². The van der Waals surface area contributed by atoms with Crippen LogP contribution < -0.4 is 5.56 Å². The Morgan fingerprint density at radius 1 is 1.67 bits per heavy atom. The van der Waals surface area contributed by atoms with E-state index in [-0.39, 0.29) is 22.8 Å². The lowest BCUT2D eigenvalue weighted by atomic mass is 10.4. The molecule has 0 aliphatic rings. The number of carbonyl (C=O) groups excluding carboxylic acids is 1. The first kappa shape index (κ1) is 13.2. The summed E-state index contributed by atoms with van der Waals surface area (Å²) in [6, 6.07) is 1.80. The SMILES string of the molecule is CC(Br)C(=O)N(C)Cc1nc2ccsc2c(=O)[nH]1. The van der Waals surface area contributed by atoms with Crippen molar-refractivity contribution in [2.45, 2.75) is 18.3 Å². The standard InChI is InChI=1S/C11H12BrN3O2S/c1-6(12)11(17)15(2)5-8-13-7-3-4-18-9(7)10(16)14-8/h3-4,6H,5H2,1-2H3,(H,13,14,16). The van der Waals surface area contributed by atoms with Crippen LogP contribution in [0.25, 0.3) is 10.2 Å². The Hall–Kier alpha value is -1.21. The Kier molecular flexibility index (Phi) is 3.82. The second-order valence-electron chi connectivity index (χ2n) is 3.96. The van der Waals surface area contributed by atoms with Gasteiger partial charge in [0.2, 0.25) is 5.91 Å². The monoisotopic (exact) mass is 329 g/mol. The maximum atomic E-state index is 11.7. The van der Waals surface area contributed by atoms with Gasteiger partial charge in [-0.1, -0.05) is 15.9 Å². The first-order valence-electron chi connectivity index (χ1n) is 5.34. The van der Waals surface area contributed by atoms with Gasteiger partial charge in [-0.15, -0.1) is 11.3 Å². The van der Waals surface area contributed by atoms with Crippen molar-refractivity contribution < 1.29 is 4.79 Å². The lowest BCUT2D eigenvalue weighted by Gasteiger charge is -2.17. The summed E-state index contributed by atoms with van der Waals surface area (Å²) in [7, 11) is 1.68. The van der Waals surface area contributed by atoms with Gasteiger partial charge in [0, 0.05) is 7.05 Å². The van der Waals surface area contributed by atoms with Gasteiger partial charge in [0.15, 0.2) is 0 Å². The number of nitrogens with one attached hydrogen (secondary N) is 1. The quantitative estimate of drug-likeness (QED) is 0.872. The van der Waals surface area contributed by atoms with Crippen molar-refractivity contribution in [1.82, 2.24) is 14.9 Å². The summed E-state index contributed by atoms with van der Waals surface area (Å²) in [5.74, 6) is 0.443.